The number of methoxy groups -OCH3 is 1. The van der Waals surface area contributed by atoms with Crippen LogP contribution in [0.15, 0.2) is 109 Å². The minimum atomic E-state index is -0.664. The molecule has 10 heteroatoms. The number of aromatic amines is 1. The Kier molecular flexibility index (Phi) is 17.7. The minimum Gasteiger partial charge on any atom is -0.504 e. The van der Waals surface area contributed by atoms with E-state index in [1.54, 1.807) is 6.07 Å². The van der Waals surface area contributed by atoms with Crippen LogP contribution in [0.2, 0.25) is 0 Å². The van der Waals surface area contributed by atoms with Gasteiger partial charge in [-0.15, -0.1) is 0 Å². The van der Waals surface area contributed by atoms with E-state index in [1.165, 1.54) is 18.2 Å². The van der Waals surface area contributed by atoms with Gasteiger partial charge in [0.15, 0.2) is 11.5 Å². The van der Waals surface area contributed by atoms with Crippen LogP contribution in [-0.4, -0.2) is 70.8 Å². The van der Waals surface area contributed by atoms with Gasteiger partial charge in [-0.25, -0.2) is 0 Å². The zero-order valence-electron chi connectivity index (χ0n) is 44.9. The number of phenols is 1. The van der Waals surface area contributed by atoms with Crippen molar-refractivity contribution in [1.29, 1.82) is 0 Å². The summed E-state index contributed by atoms with van der Waals surface area (Å²) >= 11 is 0. The van der Waals surface area contributed by atoms with Crippen LogP contribution in [0, 0.1) is 47.3 Å². The molecule has 10 nitrogen and oxygen atoms in total. The maximum atomic E-state index is 15.1. The average Bonchev–Trinajstić information content (AvgIpc) is 3.78. The van der Waals surface area contributed by atoms with Crippen molar-refractivity contribution in [1.82, 2.24) is 15.6 Å². The highest BCUT2D eigenvalue weighted by Crippen LogP contribution is 2.46. The van der Waals surface area contributed by atoms with E-state index in [-0.39, 0.29) is 59.7 Å². The van der Waals surface area contributed by atoms with Crippen molar-refractivity contribution in [2.24, 2.45) is 35.5 Å². The molecule has 396 valence electrons. The lowest BCUT2D eigenvalue weighted by molar-refractivity contribution is -0.130. The zero-order chi connectivity index (χ0) is 52.6. The van der Waals surface area contributed by atoms with Crippen LogP contribution in [-0.2, 0) is 35.3 Å². The Morgan fingerprint density at radius 2 is 1.71 bits per heavy atom. The number of hydrogen-bond acceptors (Lipinski definition) is 9. The van der Waals surface area contributed by atoms with Crippen molar-refractivity contribution >= 4 is 28.0 Å². The SMILES string of the molecule is CCCC1C(O)Cc2cc(c[nH]2)C(C)CNCC(O)Cc2ccc3ccc(cc3c2)NC2=CC(=CCN2)CC2CC3C#CC(c4ccccc4CCC(C)C)c4cc(O)c(OC)cc4CCC(=O)CC(=O)C3CC1C2. The first-order chi connectivity index (χ1) is 36.3. The minimum absolute atomic E-state index is 0.00348. The number of aromatic hydroxyl groups is 1. The number of hydrogen-bond donors (Lipinski definition) is 7. The summed E-state index contributed by atoms with van der Waals surface area (Å²) in [4.78, 5) is 32.7. The topological polar surface area (TPSA) is 156 Å². The molecule has 75 heavy (non-hydrogen) atoms. The molecule has 2 aliphatic heterocycles. The lowest BCUT2D eigenvalue weighted by atomic mass is 9.73. The van der Waals surface area contributed by atoms with Gasteiger partial charge in [0.05, 0.1) is 31.7 Å². The quantitative estimate of drug-likeness (QED) is 0.0623. The largest absolute Gasteiger partial charge is 0.504 e. The summed E-state index contributed by atoms with van der Waals surface area (Å²) in [5.74, 6) is 8.23. The van der Waals surface area contributed by atoms with Gasteiger partial charge in [-0.05, 0) is 174 Å². The van der Waals surface area contributed by atoms with Crippen molar-refractivity contribution in [2.45, 2.75) is 135 Å². The molecule has 9 rings (SSSR count). The Morgan fingerprint density at radius 1 is 0.867 bits per heavy atom. The molecule has 4 aliphatic rings. The summed E-state index contributed by atoms with van der Waals surface area (Å²) in [6, 6.07) is 27.1. The number of β-amino-alcohol motifs (C(OH)–C–C–N with tert-alkyl or cyclic N) is 1. The van der Waals surface area contributed by atoms with Crippen LogP contribution in [0.25, 0.3) is 10.8 Å². The third-order valence-corrected chi connectivity index (χ3v) is 16.7. The first-order valence-corrected chi connectivity index (χ1v) is 28.0. The maximum Gasteiger partial charge on any atom is 0.160 e. The van der Waals surface area contributed by atoms with Gasteiger partial charge in [0.25, 0.3) is 0 Å². The number of ketones is 2. The van der Waals surface area contributed by atoms with E-state index in [2.05, 4.69) is 139 Å². The average molecular weight is 1010 g/mol. The predicted molar refractivity (Wildman–Crippen MR) is 301 cm³/mol. The summed E-state index contributed by atoms with van der Waals surface area (Å²) in [6.07, 6.45) is 13.1. The smallest absolute Gasteiger partial charge is 0.160 e. The highest BCUT2D eigenvalue weighted by atomic mass is 16.5. The third-order valence-electron chi connectivity index (χ3n) is 16.7. The molecule has 0 radical (unpaired) electrons. The van der Waals surface area contributed by atoms with Gasteiger partial charge in [-0.2, -0.15) is 0 Å². The fourth-order valence-electron chi connectivity index (χ4n) is 12.7. The van der Waals surface area contributed by atoms with Gasteiger partial charge in [0.2, 0.25) is 0 Å². The number of H-pyrrole nitrogens is 1. The van der Waals surface area contributed by atoms with Crippen molar-refractivity contribution in [3.05, 3.63) is 148 Å². The zero-order valence-corrected chi connectivity index (χ0v) is 44.9. The summed E-state index contributed by atoms with van der Waals surface area (Å²) in [5.41, 5.74) is 9.40. The second-order valence-corrected chi connectivity index (χ2v) is 22.8. The molecule has 1 aromatic heterocycles. The normalized spacial score (nSPS) is 26.1. The Hall–Kier alpha value is -6.12. The second kappa shape index (κ2) is 24.7. The molecular weight excluding hydrogens is 933 g/mol. The predicted octanol–water partition coefficient (Wildman–Crippen LogP) is 11.2. The lowest BCUT2D eigenvalue weighted by Crippen LogP contribution is -2.33. The molecule has 7 N–H and O–H groups in total. The van der Waals surface area contributed by atoms with Crippen molar-refractivity contribution in [3.8, 4) is 23.3 Å². The third kappa shape index (κ3) is 13.5. The van der Waals surface area contributed by atoms with Gasteiger partial charge in [-0.1, -0.05) is 101 Å². The van der Waals surface area contributed by atoms with Gasteiger partial charge >= 0.3 is 0 Å². The fraction of sp³-hybridized carbons (Fsp3) is 0.477. The van der Waals surface area contributed by atoms with Gasteiger partial charge in [0.1, 0.15) is 17.4 Å². The number of allylic oxidation sites excluding steroid dienone is 2. The first-order valence-electron chi connectivity index (χ1n) is 28.0. The number of nitrogens with one attached hydrogen (secondary N) is 4. The molecule has 1 saturated carbocycles. The van der Waals surface area contributed by atoms with E-state index < -0.39 is 24.0 Å². The fourth-order valence-corrected chi connectivity index (χ4v) is 12.7. The summed E-state index contributed by atoms with van der Waals surface area (Å²) in [6.45, 7) is 10.7. The van der Waals surface area contributed by atoms with E-state index in [0.717, 1.165) is 94.3 Å². The Bertz CT molecular complexity index is 2940. The molecule has 9 unspecified atom stereocenters. The monoisotopic (exact) mass is 1010 g/mol. The number of carbonyl (C=O) groups is 2. The number of fused-ring (bicyclic) bond motifs is 9. The van der Waals surface area contributed by atoms with E-state index in [0.29, 0.717) is 63.4 Å². The number of anilines is 1. The van der Waals surface area contributed by atoms with Crippen molar-refractivity contribution in [2.75, 3.05) is 32.1 Å². The molecule has 0 saturated heterocycles. The van der Waals surface area contributed by atoms with E-state index in [9.17, 15) is 20.1 Å². The van der Waals surface area contributed by atoms with Crippen molar-refractivity contribution < 1.29 is 29.6 Å². The molecule has 0 spiro atoms. The Balaban J connectivity index is 1.14. The molecule has 9 bridgehead atoms. The summed E-state index contributed by atoms with van der Waals surface area (Å²) in [7, 11) is 1.54. The molecule has 0 amide bonds. The van der Waals surface area contributed by atoms with Crippen molar-refractivity contribution in [3.63, 3.8) is 0 Å². The van der Waals surface area contributed by atoms with Crippen LogP contribution in [0.3, 0.4) is 0 Å². The number of benzene rings is 4. The number of aliphatic hydroxyl groups is 2. The van der Waals surface area contributed by atoms with Gasteiger partial charge in [-0.3, -0.25) is 9.59 Å². The molecule has 5 aromatic rings. The molecule has 2 aliphatic carbocycles. The number of Topliss-reactive ketones (excluding diaryl/α,β-unsaturated/α-hetero) is 2. The first kappa shape index (κ1) is 53.7. The Labute approximate surface area is 445 Å². The molecular formula is C65H80N4O6. The number of ether oxygens (including phenoxy) is 1. The van der Waals surface area contributed by atoms with Gasteiger partial charge in [0, 0.05) is 61.9 Å². The second-order valence-electron chi connectivity index (χ2n) is 22.8. The molecule has 3 heterocycles. The molecule has 4 aromatic carbocycles. The molecule has 1 fully saturated rings. The van der Waals surface area contributed by atoms with Crippen LogP contribution in [0.1, 0.15) is 136 Å². The number of carbonyl (C=O) groups excluding carboxylic acids is 2. The summed E-state index contributed by atoms with van der Waals surface area (Å²) in [5, 5.41) is 48.1. The standard InChI is InChI=1S/C65H80N4O6/c1-6-9-57-50-27-44(26-47-18-21-58(56-11-8-7-10-46(56)14-12-40(2)3)59-36-63(74)64(75-5)33-48(59)17-20-54(70)35-62(73)60(47)32-50)24-43-22-23-67-65(29-43)69-52-19-16-45-15-13-42(25-49(45)30-52)28-55(71)39-66-37-41(4)51-31-53(68-38-51)34-61(57)72/h7-8,10-11,13,15-16,19,22,25,29-31,33,36,38,40-41,44,47,50,55,57-58,60-61,66-69,71-72,74H,6,9,12,14,17,20,23-24,26-28,32,34-35,37,39H2,1-5H3. The number of aromatic nitrogens is 1. The highest BCUT2D eigenvalue weighted by Gasteiger charge is 2.41. The van der Waals surface area contributed by atoms with Crippen LogP contribution >= 0.6 is 0 Å². The van der Waals surface area contributed by atoms with Gasteiger partial charge < -0.3 is 41.0 Å². The number of phenolic OH excluding ortho intramolecular Hbond substituents is 1. The number of dihydropyridines is 1. The Morgan fingerprint density at radius 3 is 2.53 bits per heavy atom. The molecule has 9 atom stereocenters. The van der Waals surface area contributed by atoms with Crippen LogP contribution in [0.4, 0.5) is 5.69 Å². The maximum absolute atomic E-state index is 15.1. The lowest BCUT2D eigenvalue weighted by Gasteiger charge is -2.33. The van der Waals surface area contributed by atoms with Crippen LogP contribution < -0.4 is 20.7 Å². The number of rotatable bonds is 7. The highest BCUT2D eigenvalue weighted by molar-refractivity contribution is 6.00. The number of aliphatic hydroxyl groups excluding tert-OH is 2. The van der Waals surface area contributed by atoms with E-state index in [4.69, 9.17) is 4.74 Å². The van der Waals surface area contributed by atoms with E-state index in [1.807, 2.05) is 12.3 Å². The number of aryl methyl sites for hydroxylation is 2. The van der Waals surface area contributed by atoms with E-state index >= 15 is 4.79 Å². The van der Waals surface area contributed by atoms with Crippen LogP contribution in [0.5, 0.6) is 11.5 Å². The summed E-state index contributed by atoms with van der Waals surface area (Å²) < 4.78 is 5.63.